The third-order valence-corrected chi connectivity index (χ3v) is 3.30. The van der Waals surface area contributed by atoms with Gasteiger partial charge in [-0.3, -0.25) is 0 Å². The summed E-state index contributed by atoms with van der Waals surface area (Å²) in [6, 6.07) is 8.90. The highest BCUT2D eigenvalue weighted by molar-refractivity contribution is 5.24. The molecule has 1 nitrogen and oxygen atoms in total. The van der Waals surface area contributed by atoms with Crippen molar-refractivity contribution >= 4 is 0 Å². The molecule has 0 radical (unpaired) electrons. The molecule has 0 aliphatic rings. The average molecular weight is 231 g/mol. The molecule has 0 heterocycles. The Morgan fingerprint density at radius 2 is 1.71 bits per heavy atom. The second-order valence-corrected chi connectivity index (χ2v) is 5.25. The van der Waals surface area contributed by atoms with Gasteiger partial charge in [-0.2, -0.15) is 0 Å². The number of hydrogen-bond donors (Lipinski definition) is 1. The predicted octanol–water partition coefficient (Wildman–Crippen LogP) is 3.80. The van der Waals surface area contributed by atoms with Gasteiger partial charge in [0.25, 0.3) is 0 Å². The lowest BCUT2D eigenvalue weighted by Gasteiger charge is -2.21. The van der Waals surface area contributed by atoms with Gasteiger partial charge >= 0.3 is 0 Å². The Hall–Kier alpha value is -1.08. The standard InChI is InChI=1S/C16H25N/c1-12(2)16(13(3)4)10-14-6-8-15(9-7-14)11-17-5/h6-9,13,16-17H,1,10-11H2,2-5H3. The molecule has 94 valence electrons. The zero-order chi connectivity index (χ0) is 12.8. The predicted molar refractivity (Wildman–Crippen MR) is 76.1 cm³/mol. The number of allylic oxidation sites excluding steroid dienone is 1. The second-order valence-electron chi connectivity index (χ2n) is 5.25. The lowest BCUT2D eigenvalue weighted by molar-refractivity contribution is 0.441. The van der Waals surface area contributed by atoms with E-state index < -0.39 is 0 Å². The molecule has 0 saturated carbocycles. The molecule has 1 aromatic carbocycles. The minimum atomic E-state index is 0.588. The number of rotatable bonds is 6. The van der Waals surface area contributed by atoms with Crippen LogP contribution in [0.3, 0.4) is 0 Å². The van der Waals surface area contributed by atoms with Crippen LogP contribution < -0.4 is 5.32 Å². The van der Waals surface area contributed by atoms with Gasteiger partial charge < -0.3 is 5.32 Å². The first kappa shape index (κ1) is 14.0. The molecule has 0 amide bonds. The Morgan fingerprint density at radius 3 is 2.12 bits per heavy atom. The largest absolute Gasteiger partial charge is 0.316 e. The zero-order valence-corrected chi connectivity index (χ0v) is 11.6. The van der Waals surface area contributed by atoms with Crippen LogP contribution in [0.5, 0.6) is 0 Å². The van der Waals surface area contributed by atoms with Gasteiger partial charge in [-0.1, -0.05) is 50.3 Å². The van der Waals surface area contributed by atoms with E-state index in [-0.39, 0.29) is 0 Å². The van der Waals surface area contributed by atoms with Crippen LogP contribution in [0, 0.1) is 11.8 Å². The van der Waals surface area contributed by atoms with Crippen LogP contribution in [0.15, 0.2) is 36.4 Å². The van der Waals surface area contributed by atoms with Crippen molar-refractivity contribution < 1.29 is 0 Å². The monoisotopic (exact) mass is 231 g/mol. The number of hydrogen-bond acceptors (Lipinski definition) is 1. The lowest BCUT2D eigenvalue weighted by Crippen LogP contribution is -2.13. The lowest BCUT2D eigenvalue weighted by atomic mass is 9.84. The average Bonchev–Trinajstić information content (AvgIpc) is 2.27. The Balaban J connectivity index is 2.70. The topological polar surface area (TPSA) is 12.0 Å². The number of benzene rings is 1. The molecule has 1 unspecified atom stereocenters. The molecule has 1 N–H and O–H groups in total. The van der Waals surface area contributed by atoms with Crippen molar-refractivity contribution in [3.63, 3.8) is 0 Å². The van der Waals surface area contributed by atoms with Crippen LogP contribution in [0.1, 0.15) is 31.9 Å². The van der Waals surface area contributed by atoms with Crippen molar-refractivity contribution in [1.82, 2.24) is 5.32 Å². The van der Waals surface area contributed by atoms with Crippen molar-refractivity contribution in [3.8, 4) is 0 Å². The van der Waals surface area contributed by atoms with Crippen LogP contribution in [-0.4, -0.2) is 7.05 Å². The van der Waals surface area contributed by atoms with Crippen molar-refractivity contribution in [2.75, 3.05) is 7.05 Å². The van der Waals surface area contributed by atoms with Gasteiger partial charge in [0.1, 0.15) is 0 Å². The van der Waals surface area contributed by atoms with Gasteiger partial charge in [0.05, 0.1) is 0 Å². The SMILES string of the molecule is C=C(C)C(Cc1ccc(CNC)cc1)C(C)C. The highest BCUT2D eigenvalue weighted by Crippen LogP contribution is 2.23. The fourth-order valence-corrected chi connectivity index (χ4v) is 2.23. The van der Waals surface area contributed by atoms with Gasteiger partial charge in [-0.15, -0.1) is 0 Å². The van der Waals surface area contributed by atoms with E-state index in [1.165, 1.54) is 16.7 Å². The fourth-order valence-electron chi connectivity index (χ4n) is 2.23. The summed E-state index contributed by atoms with van der Waals surface area (Å²) in [6.07, 6.45) is 1.10. The molecule has 17 heavy (non-hydrogen) atoms. The van der Waals surface area contributed by atoms with Crippen LogP contribution in [-0.2, 0) is 13.0 Å². The Morgan fingerprint density at radius 1 is 1.18 bits per heavy atom. The third-order valence-electron chi connectivity index (χ3n) is 3.30. The summed E-state index contributed by atoms with van der Waals surface area (Å²) in [4.78, 5) is 0. The van der Waals surface area contributed by atoms with E-state index in [2.05, 4.69) is 56.9 Å². The minimum absolute atomic E-state index is 0.588. The van der Waals surface area contributed by atoms with Gasteiger partial charge in [0, 0.05) is 6.54 Å². The molecule has 0 saturated heterocycles. The maximum atomic E-state index is 4.11. The van der Waals surface area contributed by atoms with E-state index in [0.29, 0.717) is 11.8 Å². The summed E-state index contributed by atoms with van der Waals surface area (Å²) in [5.74, 6) is 1.25. The third kappa shape index (κ3) is 4.35. The maximum absolute atomic E-state index is 4.11. The maximum Gasteiger partial charge on any atom is 0.0202 e. The second kappa shape index (κ2) is 6.61. The number of nitrogens with one attached hydrogen (secondary N) is 1. The smallest absolute Gasteiger partial charge is 0.0202 e. The van der Waals surface area contributed by atoms with Crippen molar-refractivity contribution in [3.05, 3.63) is 47.5 Å². The summed E-state index contributed by atoms with van der Waals surface area (Å²) in [6.45, 7) is 11.7. The first-order chi connectivity index (χ1) is 8.04. The quantitative estimate of drug-likeness (QED) is 0.734. The summed E-state index contributed by atoms with van der Waals surface area (Å²) < 4.78 is 0. The first-order valence-electron chi connectivity index (χ1n) is 6.42. The minimum Gasteiger partial charge on any atom is -0.316 e. The van der Waals surface area contributed by atoms with Crippen LogP contribution in [0.2, 0.25) is 0 Å². The van der Waals surface area contributed by atoms with E-state index in [0.717, 1.165) is 13.0 Å². The van der Waals surface area contributed by atoms with Crippen molar-refractivity contribution in [1.29, 1.82) is 0 Å². The van der Waals surface area contributed by atoms with E-state index >= 15 is 0 Å². The van der Waals surface area contributed by atoms with Gasteiger partial charge in [0.2, 0.25) is 0 Å². The zero-order valence-electron chi connectivity index (χ0n) is 11.6. The summed E-state index contributed by atoms with van der Waals surface area (Å²) in [7, 11) is 1.98. The Kier molecular flexibility index (Phi) is 5.43. The molecule has 0 spiro atoms. The van der Waals surface area contributed by atoms with Crippen molar-refractivity contribution in [2.45, 2.75) is 33.7 Å². The molecular weight excluding hydrogens is 206 g/mol. The normalized spacial score (nSPS) is 12.8. The molecule has 0 aromatic heterocycles. The summed E-state index contributed by atoms with van der Waals surface area (Å²) >= 11 is 0. The first-order valence-corrected chi connectivity index (χ1v) is 6.42. The molecule has 1 aromatic rings. The van der Waals surface area contributed by atoms with Gasteiger partial charge in [0.15, 0.2) is 0 Å². The molecule has 0 aliphatic carbocycles. The highest BCUT2D eigenvalue weighted by atomic mass is 14.8. The Bertz CT molecular complexity index is 348. The van der Waals surface area contributed by atoms with E-state index in [9.17, 15) is 0 Å². The summed E-state index contributed by atoms with van der Waals surface area (Å²) in [5.41, 5.74) is 4.04. The highest BCUT2D eigenvalue weighted by Gasteiger charge is 2.14. The van der Waals surface area contributed by atoms with Crippen LogP contribution in [0.25, 0.3) is 0 Å². The van der Waals surface area contributed by atoms with Gasteiger partial charge in [-0.05, 0) is 43.4 Å². The molecule has 0 aliphatic heterocycles. The molecule has 0 fully saturated rings. The van der Waals surface area contributed by atoms with E-state index in [1.807, 2.05) is 7.05 Å². The van der Waals surface area contributed by atoms with Crippen LogP contribution in [0.4, 0.5) is 0 Å². The molecule has 1 atom stereocenters. The van der Waals surface area contributed by atoms with Gasteiger partial charge in [-0.25, -0.2) is 0 Å². The molecular formula is C16H25N. The summed E-state index contributed by atoms with van der Waals surface area (Å²) in [5, 5.41) is 3.17. The van der Waals surface area contributed by atoms with Crippen molar-refractivity contribution in [2.24, 2.45) is 11.8 Å². The molecule has 0 bridgehead atoms. The van der Waals surface area contributed by atoms with E-state index in [1.54, 1.807) is 0 Å². The fraction of sp³-hybridized carbons (Fsp3) is 0.500. The van der Waals surface area contributed by atoms with E-state index in [4.69, 9.17) is 0 Å². The van der Waals surface area contributed by atoms with Crippen LogP contribution >= 0.6 is 0 Å². The molecule has 1 rings (SSSR count). The Labute approximate surface area is 106 Å². The molecule has 1 heteroatoms.